The van der Waals surface area contributed by atoms with Crippen molar-refractivity contribution < 1.29 is 8.42 Å². The number of fused-ring (bicyclic) bond motifs is 1. The topological polar surface area (TPSA) is 97.1 Å². The Balaban J connectivity index is 1.54. The maximum absolute atomic E-state index is 12.8. The van der Waals surface area contributed by atoms with Crippen molar-refractivity contribution in [3.63, 3.8) is 0 Å². The fraction of sp³-hybridized carbons (Fsp3) is 0.375. The summed E-state index contributed by atoms with van der Waals surface area (Å²) in [7, 11) is -3.54. The van der Waals surface area contributed by atoms with Crippen molar-refractivity contribution in [3.05, 3.63) is 35.6 Å². The average Bonchev–Trinajstić information content (AvgIpc) is 3.12. The summed E-state index contributed by atoms with van der Waals surface area (Å²) in [6.45, 7) is 4.38. The lowest BCUT2D eigenvalue weighted by atomic mass is 10.3. The highest BCUT2D eigenvalue weighted by atomic mass is 35.5. The minimum atomic E-state index is -3.54. The molecule has 0 spiro atoms. The van der Waals surface area contributed by atoms with Crippen molar-refractivity contribution in [3.8, 4) is 0 Å². The maximum Gasteiger partial charge on any atom is 0.243 e. The molecule has 0 bridgehead atoms. The molecular formula is C16H18ClN7O2S. The first-order chi connectivity index (χ1) is 13.0. The number of hydrogen-bond donors (Lipinski definition) is 0. The van der Waals surface area contributed by atoms with Gasteiger partial charge in [-0.1, -0.05) is 16.8 Å². The number of benzene rings is 1. The zero-order valence-electron chi connectivity index (χ0n) is 14.7. The molecule has 0 radical (unpaired) electrons. The zero-order chi connectivity index (χ0) is 19.0. The monoisotopic (exact) mass is 407 g/mol. The molecule has 3 aromatic rings. The molecule has 1 aromatic carbocycles. The number of hydrogen-bond acceptors (Lipinski definition) is 7. The lowest BCUT2D eigenvalue weighted by Crippen LogP contribution is -2.49. The van der Waals surface area contributed by atoms with Crippen LogP contribution in [0, 0.1) is 0 Å². The van der Waals surface area contributed by atoms with Crippen LogP contribution in [-0.4, -0.2) is 63.9 Å². The molecule has 142 valence electrons. The Morgan fingerprint density at radius 3 is 2.44 bits per heavy atom. The summed E-state index contributed by atoms with van der Waals surface area (Å²) in [6.07, 6.45) is 1.49. The van der Waals surface area contributed by atoms with Crippen LogP contribution in [0.4, 0.5) is 5.82 Å². The molecule has 0 atom stereocenters. The highest BCUT2D eigenvalue weighted by Gasteiger charge is 2.30. The number of rotatable bonds is 4. The lowest BCUT2D eigenvalue weighted by molar-refractivity contribution is 0.384. The molecule has 1 aliphatic rings. The summed E-state index contributed by atoms with van der Waals surface area (Å²) in [5, 5.41) is 8.79. The molecule has 27 heavy (non-hydrogen) atoms. The third-order valence-electron chi connectivity index (χ3n) is 4.57. The van der Waals surface area contributed by atoms with Crippen LogP contribution in [0.25, 0.3) is 11.2 Å². The molecule has 0 N–H and O–H groups in total. The van der Waals surface area contributed by atoms with E-state index in [9.17, 15) is 8.42 Å². The third kappa shape index (κ3) is 3.24. The van der Waals surface area contributed by atoms with E-state index in [-0.39, 0.29) is 4.90 Å². The second kappa shape index (κ2) is 7.02. The molecular weight excluding hydrogens is 390 g/mol. The van der Waals surface area contributed by atoms with Crippen molar-refractivity contribution in [2.24, 2.45) is 0 Å². The molecule has 0 amide bonds. The van der Waals surface area contributed by atoms with E-state index in [4.69, 9.17) is 11.6 Å². The normalized spacial score (nSPS) is 16.1. The van der Waals surface area contributed by atoms with Gasteiger partial charge in [-0.15, -0.1) is 5.10 Å². The number of sulfonamides is 1. The largest absolute Gasteiger partial charge is 0.352 e. The first-order valence-corrected chi connectivity index (χ1v) is 10.4. The van der Waals surface area contributed by atoms with E-state index >= 15 is 0 Å². The minimum Gasteiger partial charge on any atom is -0.352 e. The van der Waals surface area contributed by atoms with Gasteiger partial charge >= 0.3 is 0 Å². The van der Waals surface area contributed by atoms with Gasteiger partial charge in [0.15, 0.2) is 17.0 Å². The average molecular weight is 408 g/mol. The second-order valence-corrected chi connectivity index (χ2v) is 8.49. The molecule has 0 saturated carbocycles. The molecule has 9 nitrogen and oxygen atoms in total. The van der Waals surface area contributed by atoms with Gasteiger partial charge in [0.25, 0.3) is 0 Å². The van der Waals surface area contributed by atoms with Gasteiger partial charge in [0.1, 0.15) is 6.33 Å². The van der Waals surface area contributed by atoms with Crippen molar-refractivity contribution in [2.45, 2.75) is 18.4 Å². The van der Waals surface area contributed by atoms with E-state index < -0.39 is 10.0 Å². The van der Waals surface area contributed by atoms with E-state index in [2.05, 4.69) is 20.3 Å². The molecule has 3 heterocycles. The number of halogens is 1. The Bertz CT molecular complexity index is 1060. The number of nitrogens with zero attached hydrogens (tertiary/aromatic N) is 7. The van der Waals surface area contributed by atoms with E-state index in [1.165, 1.54) is 22.8 Å². The van der Waals surface area contributed by atoms with Gasteiger partial charge in [0.2, 0.25) is 10.0 Å². The standard InChI is InChI=1S/C16H18ClN7O2S/c1-2-24-16-14(20-21-24)15(18-11-19-16)22-7-9-23(10-8-22)27(25,26)13-5-3-12(17)4-6-13/h3-6,11H,2,7-10H2,1H3. The highest BCUT2D eigenvalue weighted by Crippen LogP contribution is 2.24. The Hall–Kier alpha value is -2.30. The van der Waals surface area contributed by atoms with Crippen LogP contribution in [0.1, 0.15) is 6.92 Å². The van der Waals surface area contributed by atoms with Gasteiger partial charge in [0.05, 0.1) is 4.90 Å². The molecule has 0 aliphatic carbocycles. The SMILES string of the molecule is CCn1nnc2c(N3CCN(S(=O)(=O)c4ccc(Cl)cc4)CC3)ncnc21. The van der Waals surface area contributed by atoms with Crippen LogP contribution < -0.4 is 4.90 Å². The van der Waals surface area contributed by atoms with E-state index in [0.717, 1.165) is 0 Å². The number of aryl methyl sites for hydroxylation is 1. The quantitative estimate of drug-likeness (QED) is 0.644. The summed E-state index contributed by atoms with van der Waals surface area (Å²) < 4.78 is 28.8. The third-order valence-corrected chi connectivity index (χ3v) is 6.73. The molecule has 1 aliphatic heterocycles. The first kappa shape index (κ1) is 18.1. The van der Waals surface area contributed by atoms with Crippen molar-refractivity contribution in [2.75, 3.05) is 31.1 Å². The second-order valence-electron chi connectivity index (χ2n) is 6.12. The van der Waals surface area contributed by atoms with Crippen molar-refractivity contribution in [1.82, 2.24) is 29.3 Å². The molecule has 0 unspecified atom stereocenters. The highest BCUT2D eigenvalue weighted by molar-refractivity contribution is 7.89. The van der Waals surface area contributed by atoms with Crippen LogP contribution in [0.5, 0.6) is 0 Å². The molecule has 1 saturated heterocycles. The molecule has 11 heteroatoms. The van der Waals surface area contributed by atoms with Gasteiger partial charge in [-0.25, -0.2) is 23.1 Å². The summed E-state index contributed by atoms with van der Waals surface area (Å²) in [5.41, 5.74) is 1.31. The van der Waals surface area contributed by atoms with Gasteiger partial charge in [0, 0.05) is 37.7 Å². The number of piperazine rings is 1. The Morgan fingerprint density at radius 2 is 1.78 bits per heavy atom. The zero-order valence-corrected chi connectivity index (χ0v) is 16.2. The van der Waals surface area contributed by atoms with Crippen LogP contribution in [-0.2, 0) is 16.6 Å². The van der Waals surface area contributed by atoms with Gasteiger partial charge < -0.3 is 4.90 Å². The van der Waals surface area contributed by atoms with E-state index in [0.29, 0.717) is 54.7 Å². The van der Waals surface area contributed by atoms with Crippen molar-refractivity contribution >= 4 is 38.6 Å². The van der Waals surface area contributed by atoms with Gasteiger partial charge in [-0.05, 0) is 31.2 Å². The predicted molar refractivity (Wildman–Crippen MR) is 101 cm³/mol. The maximum atomic E-state index is 12.8. The predicted octanol–water partition coefficient (Wildman–Crippen LogP) is 1.41. The first-order valence-electron chi connectivity index (χ1n) is 8.55. The fourth-order valence-corrected chi connectivity index (χ4v) is 4.67. The minimum absolute atomic E-state index is 0.246. The summed E-state index contributed by atoms with van der Waals surface area (Å²) in [4.78, 5) is 10.9. The Kier molecular flexibility index (Phi) is 4.70. The van der Waals surface area contributed by atoms with Crippen LogP contribution in [0.15, 0.2) is 35.5 Å². The van der Waals surface area contributed by atoms with Gasteiger partial charge in [-0.2, -0.15) is 4.31 Å². The smallest absolute Gasteiger partial charge is 0.243 e. The van der Waals surface area contributed by atoms with Crippen LogP contribution in [0.2, 0.25) is 5.02 Å². The van der Waals surface area contributed by atoms with Crippen molar-refractivity contribution in [1.29, 1.82) is 0 Å². The summed E-state index contributed by atoms with van der Waals surface area (Å²) in [6, 6.07) is 6.22. The van der Waals surface area contributed by atoms with E-state index in [1.54, 1.807) is 16.8 Å². The Morgan fingerprint density at radius 1 is 1.07 bits per heavy atom. The molecule has 2 aromatic heterocycles. The summed E-state index contributed by atoms with van der Waals surface area (Å²) >= 11 is 5.85. The van der Waals surface area contributed by atoms with E-state index in [1.807, 2.05) is 11.8 Å². The lowest BCUT2D eigenvalue weighted by Gasteiger charge is -2.34. The number of aromatic nitrogens is 5. The molecule has 4 rings (SSSR count). The fourth-order valence-electron chi connectivity index (χ4n) is 3.12. The Labute approximate surface area is 161 Å². The van der Waals surface area contributed by atoms with Crippen LogP contribution in [0.3, 0.4) is 0 Å². The number of anilines is 1. The van der Waals surface area contributed by atoms with Crippen LogP contribution >= 0.6 is 11.6 Å². The van der Waals surface area contributed by atoms with Gasteiger partial charge in [-0.3, -0.25) is 0 Å². The molecule has 1 fully saturated rings. The summed E-state index contributed by atoms with van der Waals surface area (Å²) in [5.74, 6) is 0.684.